The number of hydrogen-bond donors (Lipinski definition) is 2. The van der Waals surface area contributed by atoms with Crippen LogP contribution in [0, 0.1) is 12.8 Å². The Morgan fingerprint density at radius 1 is 1.42 bits per heavy atom. The lowest BCUT2D eigenvalue weighted by molar-refractivity contribution is -0.143. The van der Waals surface area contributed by atoms with E-state index in [9.17, 15) is 9.59 Å². The summed E-state index contributed by atoms with van der Waals surface area (Å²) < 4.78 is 5.32. The number of nitrogens with zero attached hydrogens (tertiary/aromatic N) is 2. The summed E-state index contributed by atoms with van der Waals surface area (Å²) in [6, 6.07) is 5.21. The number of hydrogen-bond acceptors (Lipinski definition) is 4. The predicted molar refractivity (Wildman–Crippen MR) is 87.6 cm³/mol. The fourth-order valence-electron chi connectivity index (χ4n) is 2.92. The number of carboxylic acid groups (broad SMARTS) is 1. The summed E-state index contributed by atoms with van der Waals surface area (Å²) in [6.07, 6.45) is 4.37. The van der Waals surface area contributed by atoms with Crippen molar-refractivity contribution < 1.29 is 19.1 Å². The molecule has 7 nitrogen and oxygen atoms in total. The summed E-state index contributed by atoms with van der Waals surface area (Å²) in [5.74, 6) is -0.855. The Morgan fingerprint density at radius 2 is 2.25 bits per heavy atom. The number of carboxylic acids is 1. The molecular formula is C17H19N3O4. The molecule has 0 saturated carbocycles. The average Bonchev–Trinajstić information content (AvgIpc) is 3.11. The fraction of sp³-hybridized carbons (Fsp3) is 0.353. The van der Waals surface area contributed by atoms with Gasteiger partial charge in [0.1, 0.15) is 6.26 Å². The molecule has 2 heterocycles. The van der Waals surface area contributed by atoms with E-state index in [1.54, 1.807) is 17.2 Å². The Bertz CT molecular complexity index is 742. The zero-order chi connectivity index (χ0) is 17.1. The summed E-state index contributed by atoms with van der Waals surface area (Å²) in [7, 11) is 0. The smallest absolute Gasteiger partial charge is 0.321 e. The fourth-order valence-corrected chi connectivity index (χ4v) is 2.92. The van der Waals surface area contributed by atoms with Gasteiger partial charge in [-0.05, 0) is 37.5 Å². The Morgan fingerprint density at radius 3 is 2.96 bits per heavy atom. The van der Waals surface area contributed by atoms with E-state index < -0.39 is 11.9 Å². The molecule has 1 aromatic carbocycles. The SMILES string of the molecule is Cc1c(NC(=O)N2CCCC(C(=O)O)C2)cccc1-c1ncco1. The van der Waals surface area contributed by atoms with E-state index in [1.807, 2.05) is 19.1 Å². The van der Waals surface area contributed by atoms with Crippen molar-refractivity contribution in [1.82, 2.24) is 9.88 Å². The van der Waals surface area contributed by atoms with Crippen molar-refractivity contribution in [2.24, 2.45) is 5.92 Å². The van der Waals surface area contributed by atoms with E-state index in [4.69, 9.17) is 9.52 Å². The molecule has 0 spiro atoms. The first kappa shape index (κ1) is 16.0. The van der Waals surface area contributed by atoms with Crippen LogP contribution in [0.3, 0.4) is 0 Å². The second kappa shape index (κ2) is 6.74. The summed E-state index contributed by atoms with van der Waals surface area (Å²) in [6.45, 7) is 2.68. The second-order valence-electron chi connectivity index (χ2n) is 5.87. The van der Waals surface area contributed by atoms with Gasteiger partial charge < -0.3 is 19.7 Å². The molecule has 1 aliphatic heterocycles. The van der Waals surface area contributed by atoms with E-state index in [0.29, 0.717) is 31.0 Å². The Balaban J connectivity index is 1.75. The highest BCUT2D eigenvalue weighted by atomic mass is 16.4. The van der Waals surface area contributed by atoms with Crippen molar-refractivity contribution in [3.63, 3.8) is 0 Å². The molecule has 0 aliphatic carbocycles. The second-order valence-corrected chi connectivity index (χ2v) is 5.87. The van der Waals surface area contributed by atoms with Gasteiger partial charge in [0.25, 0.3) is 0 Å². The van der Waals surface area contributed by atoms with Gasteiger partial charge in [0.15, 0.2) is 0 Å². The zero-order valence-electron chi connectivity index (χ0n) is 13.4. The largest absolute Gasteiger partial charge is 0.481 e. The zero-order valence-corrected chi connectivity index (χ0v) is 13.4. The quantitative estimate of drug-likeness (QED) is 0.902. The molecule has 1 atom stereocenters. The van der Waals surface area contributed by atoms with Gasteiger partial charge in [-0.25, -0.2) is 9.78 Å². The third-order valence-electron chi connectivity index (χ3n) is 4.30. The van der Waals surface area contributed by atoms with Gasteiger partial charge in [-0.15, -0.1) is 0 Å². The summed E-state index contributed by atoms with van der Waals surface area (Å²) in [5, 5.41) is 12.0. The van der Waals surface area contributed by atoms with Crippen molar-refractivity contribution in [2.45, 2.75) is 19.8 Å². The van der Waals surface area contributed by atoms with Crippen molar-refractivity contribution >= 4 is 17.7 Å². The number of amides is 2. The predicted octanol–water partition coefficient (Wildman–Crippen LogP) is 2.98. The Kier molecular flexibility index (Phi) is 4.50. The van der Waals surface area contributed by atoms with Crippen molar-refractivity contribution in [2.75, 3.05) is 18.4 Å². The number of urea groups is 1. The number of carbonyl (C=O) groups excluding carboxylic acids is 1. The van der Waals surface area contributed by atoms with Crippen molar-refractivity contribution in [1.29, 1.82) is 0 Å². The van der Waals surface area contributed by atoms with Crippen LogP contribution in [0.1, 0.15) is 18.4 Å². The summed E-state index contributed by atoms with van der Waals surface area (Å²) in [4.78, 5) is 29.3. The van der Waals surface area contributed by atoms with Gasteiger partial charge in [-0.2, -0.15) is 0 Å². The summed E-state index contributed by atoms with van der Waals surface area (Å²) >= 11 is 0. The molecule has 2 amide bonds. The maximum atomic E-state index is 12.5. The van der Waals surface area contributed by atoms with Gasteiger partial charge in [0.05, 0.1) is 12.1 Å². The topological polar surface area (TPSA) is 95.7 Å². The Hall–Kier alpha value is -2.83. The Labute approximate surface area is 139 Å². The first-order valence-corrected chi connectivity index (χ1v) is 7.84. The molecule has 0 radical (unpaired) electrons. The molecule has 2 N–H and O–H groups in total. The van der Waals surface area contributed by atoms with Crippen LogP contribution < -0.4 is 5.32 Å². The van der Waals surface area contributed by atoms with Gasteiger partial charge in [0.2, 0.25) is 5.89 Å². The number of benzene rings is 1. The minimum absolute atomic E-state index is 0.236. The van der Waals surface area contributed by atoms with E-state index in [1.165, 1.54) is 6.26 Å². The highest BCUT2D eigenvalue weighted by Gasteiger charge is 2.28. The van der Waals surface area contributed by atoms with E-state index in [0.717, 1.165) is 11.1 Å². The maximum absolute atomic E-state index is 12.5. The highest BCUT2D eigenvalue weighted by Crippen LogP contribution is 2.28. The minimum atomic E-state index is -0.852. The van der Waals surface area contributed by atoms with Gasteiger partial charge in [0, 0.05) is 24.3 Å². The number of piperidine rings is 1. The summed E-state index contributed by atoms with van der Waals surface area (Å²) in [5.41, 5.74) is 2.31. The van der Waals surface area contributed by atoms with Crippen LogP contribution in [0.2, 0.25) is 0 Å². The van der Waals surface area contributed by atoms with Crippen LogP contribution in [0.15, 0.2) is 35.1 Å². The highest BCUT2D eigenvalue weighted by molar-refractivity contribution is 5.91. The van der Waals surface area contributed by atoms with Crippen LogP contribution in [0.5, 0.6) is 0 Å². The number of carbonyl (C=O) groups is 2. The van der Waals surface area contributed by atoms with Crippen LogP contribution >= 0.6 is 0 Å². The third-order valence-corrected chi connectivity index (χ3v) is 4.30. The molecule has 3 rings (SSSR count). The van der Waals surface area contributed by atoms with Crippen LogP contribution in [-0.2, 0) is 4.79 Å². The standard InChI is InChI=1S/C17H19N3O4/c1-11-13(15-18-7-9-24-15)5-2-6-14(11)19-17(23)20-8-3-4-12(10-20)16(21)22/h2,5-7,9,12H,3-4,8,10H2,1H3,(H,19,23)(H,21,22). The number of anilines is 1. The van der Waals surface area contributed by atoms with Crippen molar-refractivity contribution in [3.8, 4) is 11.5 Å². The van der Waals surface area contributed by atoms with Crippen LogP contribution in [0.25, 0.3) is 11.5 Å². The molecular weight excluding hydrogens is 310 g/mol. The lowest BCUT2D eigenvalue weighted by Gasteiger charge is -2.31. The number of likely N-dealkylation sites (tertiary alicyclic amines) is 1. The molecule has 1 saturated heterocycles. The minimum Gasteiger partial charge on any atom is -0.481 e. The number of aliphatic carboxylic acids is 1. The van der Waals surface area contributed by atoms with Gasteiger partial charge >= 0.3 is 12.0 Å². The maximum Gasteiger partial charge on any atom is 0.321 e. The van der Waals surface area contributed by atoms with Gasteiger partial charge in [-0.1, -0.05) is 6.07 Å². The number of oxazole rings is 1. The van der Waals surface area contributed by atoms with E-state index in [-0.39, 0.29) is 12.6 Å². The molecule has 1 aromatic heterocycles. The first-order chi connectivity index (χ1) is 11.6. The molecule has 2 aromatic rings. The number of nitrogens with one attached hydrogen (secondary N) is 1. The molecule has 1 aliphatic rings. The number of aromatic nitrogens is 1. The lowest BCUT2D eigenvalue weighted by Crippen LogP contribution is -2.44. The monoisotopic (exact) mass is 329 g/mol. The average molecular weight is 329 g/mol. The lowest BCUT2D eigenvalue weighted by atomic mass is 9.99. The van der Waals surface area contributed by atoms with E-state index >= 15 is 0 Å². The molecule has 126 valence electrons. The molecule has 0 bridgehead atoms. The van der Waals surface area contributed by atoms with Crippen LogP contribution in [-0.4, -0.2) is 40.1 Å². The van der Waals surface area contributed by atoms with Crippen molar-refractivity contribution in [3.05, 3.63) is 36.2 Å². The first-order valence-electron chi connectivity index (χ1n) is 7.84. The number of rotatable bonds is 3. The molecule has 1 unspecified atom stereocenters. The third kappa shape index (κ3) is 3.24. The van der Waals surface area contributed by atoms with Gasteiger partial charge in [-0.3, -0.25) is 4.79 Å². The molecule has 1 fully saturated rings. The van der Waals surface area contributed by atoms with Crippen LogP contribution in [0.4, 0.5) is 10.5 Å². The normalized spacial score (nSPS) is 17.5. The molecule has 7 heteroatoms. The molecule has 24 heavy (non-hydrogen) atoms. The van der Waals surface area contributed by atoms with E-state index in [2.05, 4.69) is 10.3 Å².